The molecule has 0 fully saturated rings. The van der Waals surface area contributed by atoms with Crippen molar-refractivity contribution in [2.24, 2.45) is 0 Å². The van der Waals surface area contributed by atoms with E-state index in [0.717, 1.165) is 12.8 Å². The summed E-state index contributed by atoms with van der Waals surface area (Å²) < 4.78 is 11.6. The zero-order valence-corrected chi connectivity index (χ0v) is 20.5. The number of carbonyl (C=O) groups excluding carboxylic acids is 2. The Morgan fingerprint density at radius 3 is 2.13 bits per heavy atom. The van der Waals surface area contributed by atoms with E-state index in [2.05, 4.69) is 31.9 Å². The molecule has 0 unspecified atom stereocenters. The smallest absolute Gasteiger partial charge is 0.333 e. The minimum atomic E-state index is -0.432. The fourth-order valence-electron chi connectivity index (χ4n) is 4.51. The number of hydrogen-bond acceptors (Lipinski definition) is 5. The Kier molecular flexibility index (Phi) is 10.7. The van der Waals surface area contributed by atoms with Gasteiger partial charge in [0.1, 0.15) is 0 Å². The van der Waals surface area contributed by atoms with Gasteiger partial charge in [0.05, 0.1) is 25.4 Å². The molecule has 0 heterocycles. The normalized spacial score (nSPS) is 21.6. The maximum absolute atomic E-state index is 12.9. The summed E-state index contributed by atoms with van der Waals surface area (Å²) in [6, 6.07) is -0.427. The van der Waals surface area contributed by atoms with E-state index in [1.165, 1.54) is 7.11 Å². The Bertz CT molecular complexity index is 651. The van der Waals surface area contributed by atoms with Crippen molar-refractivity contribution < 1.29 is 19.1 Å². The number of carbonyl (C=O) groups is 2. The second-order valence-electron chi connectivity index (χ2n) is 9.08. The second kappa shape index (κ2) is 12.2. The zero-order valence-electron chi connectivity index (χ0n) is 20.5. The molecule has 0 saturated heterocycles. The van der Waals surface area contributed by atoms with E-state index in [1.807, 2.05) is 43.9 Å². The molecular weight excluding hydrogens is 392 g/mol. The van der Waals surface area contributed by atoms with Crippen LogP contribution in [0.4, 0.5) is 0 Å². The van der Waals surface area contributed by atoms with Crippen molar-refractivity contribution in [2.45, 2.75) is 90.6 Å². The summed E-state index contributed by atoms with van der Waals surface area (Å²) in [7, 11) is 1.39. The molecule has 0 bridgehead atoms. The molecule has 0 aromatic heterocycles. The van der Waals surface area contributed by atoms with Crippen LogP contribution >= 0.6 is 0 Å². The molecule has 1 amide bonds. The molecule has 176 valence electrons. The molecule has 0 spiro atoms. The maximum Gasteiger partial charge on any atom is 0.333 e. The third-order valence-corrected chi connectivity index (χ3v) is 5.79. The van der Waals surface area contributed by atoms with E-state index < -0.39 is 11.6 Å². The highest BCUT2D eigenvalue weighted by Crippen LogP contribution is 2.34. The summed E-state index contributed by atoms with van der Waals surface area (Å²) in [5, 5.41) is 0. The lowest BCUT2D eigenvalue weighted by atomic mass is 9.83. The molecule has 31 heavy (non-hydrogen) atoms. The van der Waals surface area contributed by atoms with Gasteiger partial charge in [0, 0.05) is 37.2 Å². The molecule has 6 nitrogen and oxygen atoms in total. The Morgan fingerprint density at radius 1 is 1.19 bits per heavy atom. The molecule has 1 rings (SSSR count). The lowest BCUT2D eigenvalue weighted by Gasteiger charge is -2.51. The van der Waals surface area contributed by atoms with Gasteiger partial charge in [-0.05, 0) is 46.1 Å². The minimum absolute atomic E-state index is 0.0206. The molecule has 1 aliphatic carbocycles. The number of esters is 1. The van der Waals surface area contributed by atoms with Crippen LogP contribution in [0, 0.1) is 0 Å². The Morgan fingerprint density at radius 2 is 1.74 bits per heavy atom. The van der Waals surface area contributed by atoms with Crippen LogP contribution < -0.4 is 0 Å². The van der Waals surface area contributed by atoms with E-state index in [-0.39, 0.29) is 30.1 Å². The van der Waals surface area contributed by atoms with Gasteiger partial charge in [-0.1, -0.05) is 26.0 Å². The van der Waals surface area contributed by atoms with E-state index in [9.17, 15) is 9.59 Å². The van der Waals surface area contributed by atoms with Crippen molar-refractivity contribution in [3.8, 4) is 0 Å². The van der Waals surface area contributed by atoms with Crippen LogP contribution in [0.25, 0.3) is 0 Å². The lowest BCUT2D eigenvalue weighted by Crippen LogP contribution is -2.65. The number of amides is 1. The quantitative estimate of drug-likeness (QED) is 0.362. The van der Waals surface area contributed by atoms with Crippen LogP contribution in [0.1, 0.15) is 60.8 Å². The van der Waals surface area contributed by atoms with Crippen molar-refractivity contribution in [3.63, 3.8) is 0 Å². The average Bonchev–Trinajstić information content (AvgIpc) is 2.70. The maximum atomic E-state index is 12.9. The first-order chi connectivity index (χ1) is 14.5. The standard InChI is InChI=1S/C25H42N2O4/c1-10-14-26(15-11-2)21-16-19(24(29)30-9)17-22(31-20(12-3)13-4)23(21)27(18(5)28)25(6,7)8/h10-11,17,20-23H,1-2,12-16H2,3-9H3/t21-,22+,23+/m0/s1. The number of hydrogen-bond donors (Lipinski definition) is 0. The summed E-state index contributed by atoms with van der Waals surface area (Å²) >= 11 is 0. The van der Waals surface area contributed by atoms with Crippen molar-refractivity contribution in [3.05, 3.63) is 37.0 Å². The molecule has 3 atom stereocenters. The van der Waals surface area contributed by atoms with Gasteiger partial charge in [0.15, 0.2) is 0 Å². The SMILES string of the molecule is C=CCN(CC=C)[C@H]1CC(C(=O)OC)=C[C@@H](OC(CC)CC)[C@@H]1N(C(C)=O)C(C)(C)C. The van der Waals surface area contributed by atoms with Crippen LogP contribution in [-0.2, 0) is 19.1 Å². The largest absolute Gasteiger partial charge is 0.466 e. The van der Waals surface area contributed by atoms with Crippen LogP contribution in [0.15, 0.2) is 37.0 Å². The molecular formula is C25H42N2O4. The van der Waals surface area contributed by atoms with Crippen molar-refractivity contribution in [1.29, 1.82) is 0 Å². The van der Waals surface area contributed by atoms with Crippen LogP contribution in [0.5, 0.6) is 0 Å². The molecule has 0 aromatic rings. The second-order valence-corrected chi connectivity index (χ2v) is 9.08. The van der Waals surface area contributed by atoms with Crippen molar-refractivity contribution in [2.75, 3.05) is 20.2 Å². The molecule has 6 heteroatoms. The molecule has 0 N–H and O–H groups in total. The van der Waals surface area contributed by atoms with Gasteiger partial charge in [0.25, 0.3) is 0 Å². The molecule has 0 aliphatic heterocycles. The van der Waals surface area contributed by atoms with E-state index >= 15 is 0 Å². The average molecular weight is 435 g/mol. The third kappa shape index (κ3) is 7.04. The van der Waals surface area contributed by atoms with E-state index in [0.29, 0.717) is 25.1 Å². The van der Waals surface area contributed by atoms with Gasteiger partial charge in [0.2, 0.25) is 5.91 Å². The Balaban J connectivity index is 3.68. The number of rotatable bonds is 11. The third-order valence-electron chi connectivity index (χ3n) is 5.79. The minimum Gasteiger partial charge on any atom is -0.466 e. The summed E-state index contributed by atoms with van der Waals surface area (Å²) in [5.41, 5.74) is 0.157. The fraction of sp³-hybridized carbons (Fsp3) is 0.680. The predicted molar refractivity (Wildman–Crippen MR) is 126 cm³/mol. The van der Waals surface area contributed by atoms with Crippen molar-refractivity contribution in [1.82, 2.24) is 9.80 Å². The lowest BCUT2D eigenvalue weighted by molar-refractivity contribution is -0.148. The first-order valence-corrected chi connectivity index (χ1v) is 11.3. The number of methoxy groups -OCH3 is 1. The molecule has 1 aliphatic rings. The number of ether oxygens (including phenoxy) is 2. The summed E-state index contributed by atoms with van der Waals surface area (Å²) in [4.78, 5) is 29.6. The Labute approximate surface area is 188 Å². The first-order valence-electron chi connectivity index (χ1n) is 11.3. The van der Waals surface area contributed by atoms with Gasteiger partial charge in [-0.25, -0.2) is 4.79 Å². The van der Waals surface area contributed by atoms with Crippen LogP contribution in [0.3, 0.4) is 0 Å². The van der Waals surface area contributed by atoms with Crippen LogP contribution in [0.2, 0.25) is 0 Å². The Hall–Kier alpha value is -1.92. The highest BCUT2D eigenvalue weighted by molar-refractivity contribution is 5.89. The van der Waals surface area contributed by atoms with Crippen LogP contribution in [-0.4, -0.2) is 71.7 Å². The summed E-state index contributed by atoms with van der Waals surface area (Å²) in [6.07, 6.45) is 7.30. The topological polar surface area (TPSA) is 59.1 Å². The van der Waals surface area contributed by atoms with Gasteiger partial charge < -0.3 is 14.4 Å². The van der Waals surface area contributed by atoms with E-state index in [1.54, 1.807) is 6.92 Å². The monoisotopic (exact) mass is 434 g/mol. The predicted octanol–water partition coefficient (Wildman–Crippen LogP) is 4.12. The van der Waals surface area contributed by atoms with Gasteiger partial charge in [-0.2, -0.15) is 0 Å². The summed E-state index contributed by atoms with van der Waals surface area (Å²) in [5.74, 6) is -0.378. The number of nitrogens with zero attached hydrogens (tertiary/aromatic N) is 2. The molecule has 0 radical (unpaired) electrons. The highest BCUT2D eigenvalue weighted by Gasteiger charge is 2.46. The first kappa shape index (κ1) is 27.1. The molecule has 0 aromatic carbocycles. The van der Waals surface area contributed by atoms with E-state index in [4.69, 9.17) is 9.47 Å². The molecule has 0 saturated carbocycles. The van der Waals surface area contributed by atoms with Gasteiger partial charge in [-0.3, -0.25) is 9.69 Å². The fourth-order valence-corrected chi connectivity index (χ4v) is 4.51. The van der Waals surface area contributed by atoms with Gasteiger partial charge >= 0.3 is 5.97 Å². The summed E-state index contributed by atoms with van der Waals surface area (Å²) in [6.45, 7) is 20.9. The van der Waals surface area contributed by atoms with Crippen molar-refractivity contribution >= 4 is 11.9 Å². The van der Waals surface area contributed by atoms with Gasteiger partial charge in [-0.15, -0.1) is 13.2 Å². The highest BCUT2D eigenvalue weighted by atomic mass is 16.5. The zero-order chi connectivity index (χ0) is 23.8.